The van der Waals surface area contributed by atoms with Gasteiger partial charge < -0.3 is 9.47 Å². The minimum absolute atomic E-state index is 0.189. The highest BCUT2D eigenvalue weighted by molar-refractivity contribution is 5.16. The maximum atomic E-state index is 5.80. The molecule has 80 valence electrons. The first kappa shape index (κ1) is 10.4. The fourth-order valence-electron chi connectivity index (χ4n) is 1.70. The number of benzene rings is 1. The van der Waals surface area contributed by atoms with E-state index in [1.807, 2.05) is 43.3 Å². The lowest BCUT2D eigenvalue weighted by molar-refractivity contribution is -0.204. The van der Waals surface area contributed by atoms with E-state index in [-0.39, 0.29) is 12.4 Å². The van der Waals surface area contributed by atoms with Gasteiger partial charge in [-0.25, -0.2) is 0 Å². The summed E-state index contributed by atoms with van der Waals surface area (Å²) in [6.45, 7) is 2.77. The number of rotatable bonds is 2. The van der Waals surface area contributed by atoms with Gasteiger partial charge in [-0.15, -0.1) is 0 Å². The van der Waals surface area contributed by atoms with E-state index in [0.717, 1.165) is 18.6 Å². The molecule has 2 rings (SSSR count). The van der Waals surface area contributed by atoms with Crippen molar-refractivity contribution in [1.29, 1.82) is 0 Å². The Morgan fingerprint density at radius 3 is 2.80 bits per heavy atom. The SMILES string of the molecule is CC=CC1CCOC(c2ccccc2)O1. The smallest absolute Gasteiger partial charge is 0.184 e. The monoisotopic (exact) mass is 204 g/mol. The summed E-state index contributed by atoms with van der Waals surface area (Å²) < 4.78 is 11.4. The third kappa shape index (κ3) is 2.67. The van der Waals surface area contributed by atoms with Crippen LogP contribution >= 0.6 is 0 Å². The Morgan fingerprint density at radius 2 is 2.07 bits per heavy atom. The molecule has 2 heteroatoms. The molecule has 0 spiro atoms. The molecule has 1 aliphatic heterocycles. The van der Waals surface area contributed by atoms with E-state index in [1.165, 1.54) is 0 Å². The summed E-state index contributed by atoms with van der Waals surface area (Å²) >= 11 is 0. The third-order valence-electron chi connectivity index (χ3n) is 2.45. The Hall–Kier alpha value is -1.12. The molecule has 0 aliphatic carbocycles. The van der Waals surface area contributed by atoms with Gasteiger partial charge in [-0.2, -0.15) is 0 Å². The van der Waals surface area contributed by atoms with Gasteiger partial charge in [-0.05, 0) is 6.92 Å². The molecule has 1 fully saturated rings. The van der Waals surface area contributed by atoms with E-state index >= 15 is 0 Å². The average molecular weight is 204 g/mol. The van der Waals surface area contributed by atoms with Gasteiger partial charge in [0.1, 0.15) is 0 Å². The van der Waals surface area contributed by atoms with E-state index in [9.17, 15) is 0 Å². The first-order valence-electron chi connectivity index (χ1n) is 5.35. The van der Waals surface area contributed by atoms with Crippen molar-refractivity contribution in [1.82, 2.24) is 0 Å². The first-order valence-corrected chi connectivity index (χ1v) is 5.35. The average Bonchev–Trinajstić information content (AvgIpc) is 2.31. The quantitative estimate of drug-likeness (QED) is 0.689. The van der Waals surface area contributed by atoms with Crippen LogP contribution in [0.5, 0.6) is 0 Å². The van der Waals surface area contributed by atoms with Crippen molar-refractivity contribution in [2.45, 2.75) is 25.7 Å². The summed E-state index contributed by atoms with van der Waals surface area (Å²) in [6, 6.07) is 10.1. The summed E-state index contributed by atoms with van der Waals surface area (Å²) in [5.74, 6) is 0. The predicted molar refractivity (Wildman–Crippen MR) is 59.4 cm³/mol. The molecule has 0 bridgehead atoms. The maximum Gasteiger partial charge on any atom is 0.184 e. The zero-order valence-corrected chi connectivity index (χ0v) is 8.93. The van der Waals surface area contributed by atoms with Crippen molar-refractivity contribution < 1.29 is 9.47 Å². The summed E-state index contributed by atoms with van der Waals surface area (Å²) in [5, 5.41) is 0. The van der Waals surface area contributed by atoms with Crippen LogP contribution in [-0.2, 0) is 9.47 Å². The van der Waals surface area contributed by atoms with E-state index < -0.39 is 0 Å². The van der Waals surface area contributed by atoms with Gasteiger partial charge in [0.05, 0.1) is 12.7 Å². The zero-order valence-electron chi connectivity index (χ0n) is 8.93. The molecular formula is C13H16O2. The molecule has 2 atom stereocenters. The van der Waals surface area contributed by atoms with E-state index in [1.54, 1.807) is 0 Å². The topological polar surface area (TPSA) is 18.5 Å². The molecule has 1 heterocycles. The zero-order chi connectivity index (χ0) is 10.5. The van der Waals surface area contributed by atoms with Gasteiger partial charge >= 0.3 is 0 Å². The van der Waals surface area contributed by atoms with Crippen molar-refractivity contribution in [3.63, 3.8) is 0 Å². The normalized spacial score (nSPS) is 27.0. The second kappa shape index (κ2) is 5.10. The van der Waals surface area contributed by atoms with Gasteiger partial charge in [-0.3, -0.25) is 0 Å². The standard InChI is InChI=1S/C13H16O2/c1-2-6-12-9-10-14-13(15-12)11-7-4-3-5-8-11/h2-8,12-13H,9-10H2,1H3. The summed E-state index contributed by atoms with van der Waals surface area (Å²) in [6.07, 6.45) is 5.03. The van der Waals surface area contributed by atoms with Gasteiger partial charge in [0.2, 0.25) is 0 Å². The lowest BCUT2D eigenvalue weighted by atomic mass is 10.2. The molecule has 15 heavy (non-hydrogen) atoms. The third-order valence-corrected chi connectivity index (χ3v) is 2.45. The maximum absolute atomic E-state index is 5.80. The number of allylic oxidation sites excluding steroid dienone is 1. The van der Waals surface area contributed by atoms with E-state index in [0.29, 0.717) is 0 Å². The Balaban J connectivity index is 2.04. The van der Waals surface area contributed by atoms with Gasteiger partial charge in [-0.1, -0.05) is 42.5 Å². The van der Waals surface area contributed by atoms with Crippen molar-refractivity contribution in [3.05, 3.63) is 48.0 Å². The van der Waals surface area contributed by atoms with Gasteiger partial charge in [0, 0.05) is 12.0 Å². The van der Waals surface area contributed by atoms with Crippen LogP contribution in [-0.4, -0.2) is 12.7 Å². The molecule has 1 aliphatic rings. The molecule has 0 N–H and O–H groups in total. The molecule has 0 aromatic heterocycles. The minimum atomic E-state index is -0.207. The molecule has 0 amide bonds. The summed E-state index contributed by atoms with van der Waals surface area (Å²) in [4.78, 5) is 0. The minimum Gasteiger partial charge on any atom is -0.348 e. The Bertz CT molecular complexity index is 319. The van der Waals surface area contributed by atoms with Crippen LogP contribution in [0.4, 0.5) is 0 Å². The van der Waals surface area contributed by atoms with Gasteiger partial charge in [0.25, 0.3) is 0 Å². The first-order chi connectivity index (χ1) is 7.40. The largest absolute Gasteiger partial charge is 0.348 e. The van der Waals surface area contributed by atoms with Crippen molar-refractivity contribution in [2.75, 3.05) is 6.61 Å². The second-order valence-corrected chi connectivity index (χ2v) is 3.60. The molecule has 0 saturated carbocycles. The molecule has 1 saturated heterocycles. The fourth-order valence-corrected chi connectivity index (χ4v) is 1.70. The number of hydrogen-bond acceptors (Lipinski definition) is 2. The molecule has 1 aromatic carbocycles. The van der Waals surface area contributed by atoms with Crippen LogP contribution in [0.15, 0.2) is 42.5 Å². The van der Waals surface area contributed by atoms with Crippen LogP contribution < -0.4 is 0 Å². The Morgan fingerprint density at radius 1 is 1.27 bits per heavy atom. The highest BCUT2D eigenvalue weighted by Crippen LogP contribution is 2.26. The highest BCUT2D eigenvalue weighted by atomic mass is 16.7. The van der Waals surface area contributed by atoms with Gasteiger partial charge in [0.15, 0.2) is 6.29 Å². The molecular weight excluding hydrogens is 188 g/mol. The van der Waals surface area contributed by atoms with Crippen molar-refractivity contribution in [2.24, 2.45) is 0 Å². The molecule has 1 aromatic rings. The Kier molecular flexibility index (Phi) is 3.54. The van der Waals surface area contributed by atoms with Crippen LogP contribution in [0.3, 0.4) is 0 Å². The second-order valence-electron chi connectivity index (χ2n) is 3.60. The lowest BCUT2D eigenvalue weighted by Crippen LogP contribution is -2.25. The van der Waals surface area contributed by atoms with Crippen molar-refractivity contribution in [3.8, 4) is 0 Å². The predicted octanol–water partition coefficient (Wildman–Crippen LogP) is 3.07. The number of ether oxygens (including phenoxy) is 2. The summed E-state index contributed by atoms with van der Waals surface area (Å²) in [7, 11) is 0. The highest BCUT2D eigenvalue weighted by Gasteiger charge is 2.21. The summed E-state index contributed by atoms with van der Waals surface area (Å²) in [5.41, 5.74) is 1.09. The Labute approximate surface area is 90.5 Å². The number of hydrogen-bond donors (Lipinski definition) is 0. The van der Waals surface area contributed by atoms with Crippen LogP contribution in [0.1, 0.15) is 25.2 Å². The van der Waals surface area contributed by atoms with Crippen LogP contribution in [0.2, 0.25) is 0 Å². The van der Waals surface area contributed by atoms with E-state index in [4.69, 9.17) is 9.47 Å². The lowest BCUT2D eigenvalue weighted by Gasteiger charge is -2.28. The van der Waals surface area contributed by atoms with Crippen LogP contribution in [0, 0.1) is 0 Å². The fraction of sp³-hybridized carbons (Fsp3) is 0.385. The van der Waals surface area contributed by atoms with Crippen LogP contribution in [0.25, 0.3) is 0 Å². The molecule has 0 radical (unpaired) electrons. The molecule has 2 unspecified atom stereocenters. The molecule has 2 nitrogen and oxygen atoms in total. The van der Waals surface area contributed by atoms with Crippen molar-refractivity contribution >= 4 is 0 Å². The van der Waals surface area contributed by atoms with E-state index in [2.05, 4.69) is 6.08 Å².